The molecule has 4 heteroatoms. The molecule has 5 rings (SSSR count). The predicted molar refractivity (Wildman–Crippen MR) is 107 cm³/mol. The molecule has 1 fully saturated rings. The zero-order valence-corrected chi connectivity index (χ0v) is 14.7. The van der Waals surface area contributed by atoms with Crippen molar-refractivity contribution in [2.24, 2.45) is 5.92 Å². The minimum Gasteiger partial charge on any atom is -0.326 e. The highest BCUT2D eigenvalue weighted by Gasteiger charge is 2.43. The first-order valence-corrected chi connectivity index (χ1v) is 9.18. The van der Waals surface area contributed by atoms with Gasteiger partial charge in [-0.05, 0) is 42.2 Å². The Morgan fingerprint density at radius 3 is 2.52 bits per heavy atom. The molecule has 4 nitrogen and oxygen atoms in total. The van der Waals surface area contributed by atoms with E-state index in [0.29, 0.717) is 5.92 Å². The van der Waals surface area contributed by atoms with Crippen molar-refractivity contribution in [3.63, 3.8) is 0 Å². The molecule has 0 saturated heterocycles. The lowest BCUT2D eigenvalue weighted by molar-refractivity contribution is -0.117. The Hall–Kier alpha value is -3.40. The van der Waals surface area contributed by atoms with Crippen LogP contribution >= 0.6 is 0 Å². The summed E-state index contributed by atoms with van der Waals surface area (Å²) < 4.78 is 2.00. The van der Waals surface area contributed by atoms with Crippen LogP contribution in [0.3, 0.4) is 0 Å². The van der Waals surface area contributed by atoms with Gasteiger partial charge in [0.05, 0.1) is 5.69 Å². The first kappa shape index (κ1) is 15.8. The summed E-state index contributed by atoms with van der Waals surface area (Å²) in [5, 5.41) is 3.04. The number of hydrogen-bond acceptors (Lipinski definition) is 2. The molecule has 2 atom stereocenters. The summed E-state index contributed by atoms with van der Waals surface area (Å²) >= 11 is 0. The summed E-state index contributed by atoms with van der Waals surface area (Å²) in [7, 11) is 0. The van der Waals surface area contributed by atoms with Crippen molar-refractivity contribution in [1.29, 1.82) is 0 Å². The van der Waals surface area contributed by atoms with Gasteiger partial charge in [0.25, 0.3) is 0 Å². The maximum absolute atomic E-state index is 12.5. The van der Waals surface area contributed by atoms with Gasteiger partial charge in [0.15, 0.2) is 0 Å². The van der Waals surface area contributed by atoms with E-state index in [-0.39, 0.29) is 11.8 Å². The van der Waals surface area contributed by atoms with Crippen LogP contribution in [0.25, 0.3) is 16.9 Å². The number of rotatable bonds is 4. The third-order valence-electron chi connectivity index (χ3n) is 5.17. The number of pyridine rings is 1. The molecule has 0 aliphatic heterocycles. The van der Waals surface area contributed by atoms with Gasteiger partial charge >= 0.3 is 0 Å². The Labute approximate surface area is 157 Å². The zero-order chi connectivity index (χ0) is 18.2. The van der Waals surface area contributed by atoms with Crippen LogP contribution in [0, 0.1) is 5.92 Å². The average Bonchev–Trinajstić information content (AvgIpc) is 3.41. The molecule has 1 saturated carbocycles. The van der Waals surface area contributed by atoms with Crippen molar-refractivity contribution in [2.75, 3.05) is 5.32 Å². The lowest BCUT2D eigenvalue weighted by Crippen LogP contribution is -2.14. The second-order valence-corrected chi connectivity index (χ2v) is 7.02. The molecule has 1 N–H and O–H groups in total. The maximum atomic E-state index is 12.5. The number of imidazole rings is 1. The van der Waals surface area contributed by atoms with Crippen LogP contribution in [0.4, 0.5) is 5.69 Å². The van der Waals surface area contributed by atoms with Crippen molar-refractivity contribution >= 4 is 17.2 Å². The van der Waals surface area contributed by atoms with Gasteiger partial charge in [0, 0.05) is 29.6 Å². The van der Waals surface area contributed by atoms with Crippen LogP contribution < -0.4 is 5.32 Å². The number of carbonyl (C=O) groups is 1. The fourth-order valence-electron chi connectivity index (χ4n) is 3.59. The highest BCUT2D eigenvalue weighted by Crippen LogP contribution is 2.47. The molecule has 0 spiro atoms. The summed E-state index contributed by atoms with van der Waals surface area (Å²) in [6.07, 6.45) is 4.92. The van der Waals surface area contributed by atoms with Gasteiger partial charge in [-0.25, -0.2) is 4.98 Å². The summed E-state index contributed by atoms with van der Waals surface area (Å²) in [5.41, 5.74) is 4.95. The average molecular weight is 353 g/mol. The second kappa shape index (κ2) is 6.40. The van der Waals surface area contributed by atoms with Gasteiger partial charge in [-0.3, -0.25) is 4.79 Å². The van der Waals surface area contributed by atoms with Crippen LogP contribution in [0.15, 0.2) is 85.2 Å². The number of hydrogen-bond donors (Lipinski definition) is 1. The predicted octanol–water partition coefficient (Wildman–Crippen LogP) is 4.74. The number of benzene rings is 2. The van der Waals surface area contributed by atoms with Crippen molar-refractivity contribution in [3.05, 3.63) is 90.8 Å². The summed E-state index contributed by atoms with van der Waals surface area (Å²) in [6.45, 7) is 0. The van der Waals surface area contributed by atoms with Gasteiger partial charge < -0.3 is 9.72 Å². The number of fused-ring (bicyclic) bond motifs is 1. The summed E-state index contributed by atoms with van der Waals surface area (Å²) in [4.78, 5) is 17.1. The van der Waals surface area contributed by atoms with E-state index in [1.165, 1.54) is 5.56 Å². The Bertz CT molecular complexity index is 1070. The Balaban J connectivity index is 1.27. The lowest BCUT2D eigenvalue weighted by Gasteiger charge is -2.06. The first-order chi connectivity index (χ1) is 13.3. The van der Waals surface area contributed by atoms with Gasteiger partial charge in [0.1, 0.15) is 5.65 Å². The summed E-state index contributed by atoms with van der Waals surface area (Å²) in [6, 6.07) is 24.1. The third-order valence-corrected chi connectivity index (χ3v) is 5.17. The van der Waals surface area contributed by atoms with Crippen LogP contribution in [-0.4, -0.2) is 15.3 Å². The molecule has 0 radical (unpaired) electrons. The first-order valence-electron chi connectivity index (χ1n) is 9.18. The van der Waals surface area contributed by atoms with E-state index < -0.39 is 0 Å². The largest absolute Gasteiger partial charge is 0.326 e. The fraction of sp³-hybridized carbons (Fsp3) is 0.130. The normalized spacial score (nSPS) is 18.4. The van der Waals surface area contributed by atoms with Gasteiger partial charge in [-0.15, -0.1) is 0 Å². The Morgan fingerprint density at radius 2 is 1.74 bits per heavy atom. The van der Waals surface area contributed by atoms with Gasteiger partial charge in [-0.1, -0.05) is 48.5 Å². The molecule has 2 heterocycles. The smallest absolute Gasteiger partial charge is 0.228 e. The van der Waals surface area contributed by atoms with E-state index in [2.05, 4.69) is 22.4 Å². The lowest BCUT2D eigenvalue weighted by atomic mass is 10.1. The molecule has 1 aliphatic rings. The fourth-order valence-corrected chi connectivity index (χ4v) is 3.59. The van der Waals surface area contributed by atoms with Crippen molar-refractivity contribution in [2.45, 2.75) is 12.3 Å². The molecule has 27 heavy (non-hydrogen) atoms. The van der Waals surface area contributed by atoms with Crippen molar-refractivity contribution in [3.8, 4) is 11.3 Å². The van der Waals surface area contributed by atoms with E-state index in [1.807, 2.05) is 77.5 Å². The third kappa shape index (κ3) is 3.10. The summed E-state index contributed by atoms with van der Waals surface area (Å²) in [5.74, 6) is 0.526. The highest BCUT2D eigenvalue weighted by atomic mass is 16.2. The number of nitrogens with one attached hydrogen (secondary N) is 1. The zero-order valence-electron chi connectivity index (χ0n) is 14.7. The molecule has 4 aromatic rings. The minimum atomic E-state index is 0.0746. The molecule has 0 unspecified atom stereocenters. The van der Waals surface area contributed by atoms with Gasteiger partial charge in [-0.2, -0.15) is 0 Å². The molecule has 2 aromatic carbocycles. The van der Waals surface area contributed by atoms with Crippen LogP contribution in [-0.2, 0) is 4.79 Å². The van der Waals surface area contributed by atoms with E-state index >= 15 is 0 Å². The van der Waals surface area contributed by atoms with Crippen LogP contribution in [0.5, 0.6) is 0 Å². The topological polar surface area (TPSA) is 46.4 Å². The number of amides is 1. The van der Waals surface area contributed by atoms with E-state index in [1.54, 1.807) is 0 Å². The van der Waals surface area contributed by atoms with Crippen LogP contribution in [0.2, 0.25) is 0 Å². The molecule has 1 amide bonds. The minimum absolute atomic E-state index is 0.0746. The van der Waals surface area contributed by atoms with Gasteiger partial charge in [0.2, 0.25) is 5.91 Å². The van der Waals surface area contributed by atoms with Crippen molar-refractivity contribution < 1.29 is 4.79 Å². The molecule has 1 aliphatic carbocycles. The number of aromatic nitrogens is 2. The standard InChI is InChI=1S/C23H19N3O/c27-23(20-14-19(20)16-6-2-1-3-7-16)24-18-11-9-17(10-12-18)21-15-26-13-5-4-8-22(26)25-21/h1-13,15,19-20H,14H2,(H,24,27)/t19-,20+/m1/s1. The molecular formula is C23H19N3O. The molecule has 2 aromatic heterocycles. The SMILES string of the molecule is O=C(Nc1ccc(-c2cn3ccccc3n2)cc1)[C@H]1C[C@@H]1c1ccccc1. The number of anilines is 1. The van der Waals surface area contributed by atoms with E-state index in [4.69, 9.17) is 0 Å². The Kier molecular flexibility index (Phi) is 3.75. The number of nitrogens with zero attached hydrogens (tertiary/aromatic N) is 2. The molecule has 132 valence electrons. The monoisotopic (exact) mass is 353 g/mol. The highest BCUT2D eigenvalue weighted by molar-refractivity contribution is 5.95. The maximum Gasteiger partial charge on any atom is 0.228 e. The molecule has 0 bridgehead atoms. The second-order valence-electron chi connectivity index (χ2n) is 7.02. The Morgan fingerprint density at radius 1 is 0.963 bits per heavy atom. The number of carbonyl (C=O) groups excluding carboxylic acids is 1. The van der Waals surface area contributed by atoms with Crippen LogP contribution in [0.1, 0.15) is 17.9 Å². The van der Waals surface area contributed by atoms with Crippen molar-refractivity contribution in [1.82, 2.24) is 9.38 Å². The molecular weight excluding hydrogens is 334 g/mol. The quantitative estimate of drug-likeness (QED) is 0.576. The van der Waals surface area contributed by atoms with E-state index in [0.717, 1.165) is 29.0 Å². The van der Waals surface area contributed by atoms with E-state index in [9.17, 15) is 4.79 Å².